The number of anilines is 1. The van der Waals surface area contributed by atoms with Crippen LogP contribution in [0, 0.1) is 11.6 Å². The Labute approximate surface area is 155 Å². The van der Waals surface area contributed by atoms with Crippen LogP contribution in [-0.4, -0.2) is 49.4 Å². The van der Waals surface area contributed by atoms with Crippen LogP contribution >= 0.6 is 11.8 Å². The van der Waals surface area contributed by atoms with E-state index in [0.29, 0.717) is 0 Å². The van der Waals surface area contributed by atoms with Gasteiger partial charge < -0.3 is 20.5 Å². The SMILES string of the molecule is O=c1cnc2c(NCC(O)CO)nc(SCc3cccc(F)c3F)nc2[nH]1. The number of nitrogens with zero attached hydrogens (tertiary/aromatic N) is 3. The van der Waals surface area contributed by atoms with E-state index in [4.69, 9.17) is 5.11 Å². The summed E-state index contributed by atoms with van der Waals surface area (Å²) in [6.07, 6.45) is 0.0455. The van der Waals surface area contributed by atoms with Gasteiger partial charge in [-0.1, -0.05) is 23.9 Å². The number of thioether (sulfide) groups is 1. The second kappa shape index (κ2) is 8.37. The number of fused-ring (bicyclic) bond motifs is 1. The molecule has 0 saturated heterocycles. The lowest BCUT2D eigenvalue weighted by Crippen LogP contribution is -2.24. The van der Waals surface area contributed by atoms with E-state index >= 15 is 0 Å². The molecule has 11 heteroatoms. The number of aliphatic hydroxyl groups is 2. The summed E-state index contributed by atoms with van der Waals surface area (Å²) in [6.45, 7) is -0.452. The Bertz CT molecular complexity index is 1020. The van der Waals surface area contributed by atoms with Crippen molar-refractivity contribution in [2.24, 2.45) is 0 Å². The van der Waals surface area contributed by atoms with Crippen molar-refractivity contribution in [3.8, 4) is 0 Å². The predicted octanol–water partition coefficient (Wildman–Crippen LogP) is 1.05. The van der Waals surface area contributed by atoms with Crippen LogP contribution in [-0.2, 0) is 5.75 Å². The van der Waals surface area contributed by atoms with Crippen molar-refractivity contribution in [2.45, 2.75) is 17.0 Å². The van der Waals surface area contributed by atoms with Gasteiger partial charge in [0, 0.05) is 17.9 Å². The van der Waals surface area contributed by atoms with E-state index in [9.17, 15) is 18.7 Å². The third-order valence-electron chi connectivity index (χ3n) is 3.52. The van der Waals surface area contributed by atoms with Gasteiger partial charge in [-0.25, -0.2) is 23.7 Å². The summed E-state index contributed by atoms with van der Waals surface area (Å²) in [4.78, 5) is 26.4. The number of benzene rings is 1. The Balaban J connectivity index is 1.90. The van der Waals surface area contributed by atoms with Gasteiger partial charge in [-0.05, 0) is 6.07 Å². The molecule has 2 aromatic heterocycles. The molecule has 0 aliphatic heterocycles. The average molecular weight is 395 g/mol. The van der Waals surface area contributed by atoms with Crippen LogP contribution in [0.1, 0.15) is 5.56 Å². The molecule has 0 radical (unpaired) electrons. The van der Waals surface area contributed by atoms with E-state index in [1.165, 1.54) is 12.1 Å². The minimum Gasteiger partial charge on any atom is -0.394 e. The lowest BCUT2D eigenvalue weighted by Gasteiger charge is -2.12. The fourth-order valence-electron chi connectivity index (χ4n) is 2.18. The van der Waals surface area contributed by atoms with Gasteiger partial charge in [0.1, 0.15) is 5.52 Å². The highest BCUT2D eigenvalue weighted by Gasteiger charge is 2.14. The first-order valence-electron chi connectivity index (χ1n) is 7.83. The molecule has 0 spiro atoms. The molecule has 0 bridgehead atoms. The van der Waals surface area contributed by atoms with Crippen LogP contribution in [0.5, 0.6) is 0 Å². The van der Waals surface area contributed by atoms with Gasteiger partial charge in [0.15, 0.2) is 28.3 Å². The summed E-state index contributed by atoms with van der Waals surface area (Å²) in [5, 5.41) is 21.4. The van der Waals surface area contributed by atoms with Gasteiger partial charge in [-0.15, -0.1) is 0 Å². The highest BCUT2D eigenvalue weighted by atomic mass is 32.2. The Morgan fingerprint density at radius 1 is 1.30 bits per heavy atom. The summed E-state index contributed by atoms with van der Waals surface area (Å²) in [7, 11) is 0. The zero-order valence-corrected chi connectivity index (χ0v) is 14.6. The van der Waals surface area contributed by atoms with E-state index in [2.05, 4.69) is 25.3 Å². The average Bonchev–Trinajstić information content (AvgIpc) is 2.66. The van der Waals surface area contributed by atoms with Crippen molar-refractivity contribution in [3.05, 3.63) is 51.9 Å². The summed E-state index contributed by atoms with van der Waals surface area (Å²) >= 11 is 1.04. The molecule has 0 fully saturated rings. The van der Waals surface area contributed by atoms with Crippen LogP contribution in [0.4, 0.5) is 14.6 Å². The van der Waals surface area contributed by atoms with Gasteiger partial charge in [-0.2, -0.15) is 0 Å². The van der Waals surface area contributed by atoms with Crippen molar-refractivity contribution < 1.29 is 19.0 Å². The van der Waals surface area contributed by atoms with Crippen LogP contribution in [0.25, 0.3) is 11.2 Å². The van der Waals surface area contributed by atoms with Crippen molar-refractivity contribution in [1.29, 1.82) is 0 Å². The Hall–Kier alpha value is -2.63. The van der Waals surface area contributed by atoms with Crippen LogP contribution < -0.4 is 10.9 Å². The van der Waals surface area contributed by atoms with Gasteiger partial charge in [0.25, 0.3) is 5.56 Å². The normalized spacial score (nSPS) is 12.3. The molecular weight excluding hydrogens is 380 g/mol. The topological polar surface area (TPSA) is 124 Å². The predicted molar refractivity (Wildman–Crippen MR) is 95.5 cm³/mol. The third kappa shape index (κ3) is 4.56. The molecule has 0 aliphatic rings. The number of hydrogen-bond acceptors (Lipinski definition) is 8. The Kier molecular flexibility index (Phi) is 5.94. The fraction of sp³-hybridized carbons (Fsp3) is 0.250. The molecule has 142 valence electrons. The van der Waals surface area contributed by atoms with E-state index in [0.717, 1.165) is 24.0 Å². The number of H-pyrrole nitrogens is 1. The second-order valence-electron chi connectivity index (χ2n) is 5.52. The second-order valence-corrected chi connectivity index (χ2v) is 6.46. The molecule has 3 rings (SSSR count). The molecule has 3 aromatic rings. The molecule has 4 N–H and O–H groups in total. The highest BCUT2D eigenvalue weighted by Crippen LogP contribution is 2.25. The summed E-state index contributed by atoms with van der Waals surface area (Å²) in [5.41, 5.74) is 0.102. The molecule has 8 nitrogen and oxygen atoms in total. The largest absolute Gasteiger partial charge is 0.394 e. The molecule has 0 aliphatic carbocycles. The summed E-state index contributed by atoms with van der Waals surface area (Å²) in [5.74, 6) is -1.59. The number of rotatable bonds is 7. The number of aromatic nitrogens is 4. The highest BCUT2D eigenvalue weighted by molar-refractivity contribution is 7.98. The Morgan fingerprint density at radius 3 is 2.89 bits per heavy atom. The first kappa shape index (κ1) is 19.1. The van der Waals surface area contributed by atoms with Crippen LogP contribution in [0.15, 0.2) is 34.3 Å². The summed E-state index contributed by atoms with van der Waals surface area (Å²) < 4.78 is 27.1. The monoisotopic (exact) mass is 395 g/mol. The maximum absolute atomic E-state index is 13.8. The number of nitrogens with one attached hydrogen (secondary N) is 2. The lowest BCUT2D eigenvalue weighted by molar-refractivity contribution is 0.105. The van der Waals surface area contributed by atoms with Gasteiger partial charge >= 0.3 is 0 Å². The molecule has 1 atom stereocenters. The maximum atomic E-state index is 13.8. The van der Waals surface area contributed by atoms with Gasteiger partial charge in [-0.3, -0.25) is 4.79 Å². The quantitative estimate of drug-likeness (QED) is 0.346. The number of halogens is 2. The molecule has 0 saturated carbocycles. The zero-order chi connectivity index (χ0) is 19.4. The van der Waals surface area contributed by atoms with Crippen LogP contribution in [0.3, 0.4) is 0 Å². The molecule has 1 aromatic carbocycles. The van der Waals surface area contributed by atoms with Crippen molar-refractivity contribution in [3.63, 3.8) is 0 Å². The minimum atomic E-state index is -1.02. The van der Waals surface area contributed by atoms with Gasteiger partial charge in [0.2, 0.25) is 0 Å². The smallest absolute Gasteiger partial charge is 0.268 e. The molecular formula is C16H15F2N5O3S. The first-order valence-corrected chi connectivity index (χ1v) is 8.82. The molecule has 1 unspecified atom stereocenters. The number of aromatic amines is 1. The molecule has 0 amide bonds. The fourth-order valence-corrected chi connectivity index (χ4v) is 3.00. The van der Waals surface area contributed by atoms with Crippen molar-refractivity contribution >= 4 is 28.7 Å². The molecule has 27 heavy (non-hydrogen) atoms. The molecule has 2 heterocycles. The maximum Gasteiger partial charge on any atom is 0.268 e. The van der Waals surface area contributed by atoms with E-state index in [1.807, 2.05) is 0 Å². The van der Waals surface area contributed by atoms with E-state index in [-0.39, 0.29) is 40.0 Å². The number of hydrogen-bond donors (Lipinski definition) is 4. The minimum absolute atomic E-state index is 0.00789. The number of aliphatic hydroxyl groups excluding tert-OH is 2. The van der Waals surface area contributed by atoms with Crippen molar-refractivity contribution in [1.82, 2.24) is 19.9 Å². The van der Waals surface area contributed by atoms with Crippen molar-refractivity contribution in [2.75, 3.05) is 18.5 Å². The third-order valence-corrected chi connectivity index (χ3v) is 4.42. The first-order chi connectivity index (χ1) is 13.0. The van der Waals surface area contributed by atoms with Gasteiger partial charge in [0.05, 0.1) is 18.9 Å². The zero-order valence-electron chi connectivity index (χ0n) is 13.8. The Morgan fingerprint density at radius 2 is 2.11 bits per heavy atom. The van der Waals surface area contributed by atoms with E-state index in [1.54, 1.807) is 0 Å². The van der Waals surface area contributed by atoms with Crippen LogP contribution in [0.2, 0.25) is 0 Å². The summed E-state index contributed by atoms with van der Waals surface area (Å²) in [6, 6.07) is 3.88. The lowest BCUT2D eigenvalue weighted by atomic mass is 10.2. The standard InChI is InChI=1S/C16H15F2N5O3S/c17-10-3-1-2-8(12(10)18)7-27-16-22-14(20-4-9(25)6-24)13-15(23-16)21-11(26)5-19-13/h1-3,5,9,24-25H,4,6-7H2,(H2,20,21,22,23,26). The van der Waals surface area contributed by atoms with E-state index < -0.39 is 29.9 Å².